The van der Waals surface area contributed by atoms with Gasteiger partial charge in [0.1, 0.15) is 23.4 Å². The van der Waals surface area contributed by atoms with E-state index in [1.807, 2.05) is 20.8 Å². The van der Waals surface area contributed by atoms with Crippen molar-refractivity contribution in [3.8, 4) is 0 Å². The normalized spacial score (nSPS) is 22.2. The summed E-state index contributed by atoms with van der Waals surface area (Å²) in [7, 11) is 0. The highest BCUT2D eigenvalue weighted by molar-refractivity contribution is 5.77. The monoisotopic (exact) mass is 360 g/mol. The third-order valence-electron chi connectivity index (χ3n) is 4.91. The van der Waals surface area contributed by atoms with Gasteiger partial charge in [-0.3, -0.25) is 4.90 Å². The maximum atomic E-state index is 14.8. The van der Waals surface area contributed by atoms with Gasteiger partial charge in [-0.05, 0) is 57.2 Å². The molecule has 0 spiro atoms. The van der Waals surface area contributed by atoms with Crippen LogP contribution in [-0.2, 0) is 22.4 Å². The van der Waals surface area contributed by atoms with Crippen LogP contribution in [0.3, 0.4) is 0 Å². The van der Waals surface area contributed by atoms with E-state index in [0.29, 0.717) is 42.8 Å². The van der Waals surface area contributed by atoms with Gasteiger partial charge < -0.3 is 13.9 Å². The Hall–Kier alpha value is -2.44. The van der Waals surface area contributed by atoms with Crippen molar-refractivity contribution in [3.63, 3.8) is 0 Å². The SMILES string of the molecule is CC(C)(C)OC(=O)N1CC[C@@H]1c1nc2cc3c(c(F)c2o1)CC(C=O)C3. The second kappa shape index (κ2) is 5.79. The molecule has 2 aliphatic rings. The van der Waals surface area contributed by atoms with Crippen molar-refractivity contribution in [2.75, 3.05) is 6.54 Å². The van der Waals surface area contributed by atoms with E-state index < -0.39 is 17.5 Å². The number of hydrogen-bond acceptors (Lipinski definition) is 5. The van der Waals surface area contributed by atoms with Gasteiger partial charge in [-0.15, -0.1) is 0 Å². The highest BCUT2D eigenvalue weighted by Crippen LogP contribution is 2.38. The molecule has 1 aliphatic heterocycles. The topological polar surface area (TPSA) is 72.6 Å². The Morgan fingerprint density at radius 3 is 2.81 bits per heavy atom. The van der Waals surface area contributed by atoms with E-state index in [1.54, 1.807) is 11.0 Å². The lowest BCUT2D eigenvalue weighted by atomic mass is 10.0. The first-order valence-corrected chi connectivity index (χ1v) is 8.82. The second-order valence-corrected chi connectivity index (χ2v) is 8.01. The number of ether oxygens (including phenoxy) is 1. The Labute approximate surface area is 150 Å². The van der Waals surface area contributed by atoms with Gasteiger partial charge in [0.15, 0.2) is 11.4 Å². The number of aromatic nitrogens is 1. The van der Waals surface area contributed by atoms with Gasteiger partial charge in [-0.1, -0.05) is 0 Å². The summed E-state index contributed by atoms with van der Waals surface area (Å²) in [4.78, 5) is 29.2. The van der Waals surface area contributed by atoms with Crippen LogP contribution in [0.25, 0.3) is 11.1 Å². The van der Waals surface area contributed by atoms with E-state index in [0.717, 1.165) is 11.8 Å². The number of carbonyl (C=O) groups is 2. The van der Waals surface area contributed by atoms with Gasteiger partial charge in [0.05, 0.1) is 0 Å². The molecule has 2 aromatic rings. The Balaban J connectivity index is 1.62. The maximum absolute atomic E-state index is 14.8. The van der Waals surface area contributed by atoms with E-state index >= 15 is 0 Å². The molecule has 6 nitrogen and oxygen atoms in total. The lowest BCUT2D eigenvalue weighted by Gasteiger charge is -2.39. The van der Waals surface area contributed by atoms with Gasteiger partial charge in [-0.2, -0.15) is 0 Å². The molecule has 0 bridgehead atoms. The molecular weight excluding hydrogens is 339 g/mol. The van der Waals surface area contributed by atoms with E-state index in [2.05, 4.69) is 4.98 Å². The van der Waals surface area contributed by atoms with Crippen molar-refractivity contribution in [1.29, 1.82) is 0 Å². The smallest absolute Gasteiger partial charge is 0.410 e. The maximum Gasteiger partial charge on any atom is 0.410 e. The summed E-state index contributed by atoms with van der Waals surface area (Å²) in [6.45, 7) is 5.98. The molecule has 1 unspecified atom stereocenters. The molecule has 4 rings (SSSR count). The molecule has 1 aliphatic carbocycles. The molecule has 7 heteroatoms. The second-order valence-electron chi connectivity index (χ2n) is 8.01. The van der Waals surface area contributed by atoms with Gasteiger partial charge >= 0.3 is 6.09 Å². The fourth-order valence-corrected chi connectivity index (χ4v) is 3.58. The Morgan fingerprint density at radius 2 is 2.19 bits per heavy atom. The van der Waals surface area contributed by atoms with Crippen LogP contribution in [-0.4, -0.2) is 34.4 Å². The summed E-state index contributed by atoms with van der Waals surface area (Å²) in [6.07, 6.45) is 2.06. The number of benzene rings is 1. The van der Waals surface area contributed by atoms with E-state index in [9.17, 15) is 14.0 Å². The average Bonchev–Trinajstić information content (AvgIpc) is 3.08. The van der Waals surface area contributed by atoms with Gasteiger partial charge in [-0.25, -0.2) is 14.2 Å². The molecule has 1 aromatic carbocycles. The van der Waals surface area contributed by atoms with E-state index in [4.69, 9.17) is 9.15 Å². The zero-order valence-electron chi connectivity index (χ0n) is 15.0. The number of aldehydes is 1. The highest BCUT2D eigenvalue weighted by Gasteiger charge is 2.40. The van der Waals surface area contributed by atoms with Crippen LogP contribution in [0.1, 0.15) is 50.3 Å². The number of oxazole rings is 1. The van der Waals surface area contributed by atoms with Crippen LogP contribution in [0.4, 0.5) is 9.18 Å². The quantitative estimate of drug-likeness (QED) is 0.766. The summed E-state index contributed by atoms with van der Waals surface area (Å²) >= 11 is 0. The fraction of sp³-hybridized carbons (Fsp3) is 0.526. The van der Waals surface area contributed by atoms with Crippen molar-refractivity contribution in [2.24, 2.45) is 5.92 Å². The van der Waals surface area contributed by atoms with Crippen LogP contribution in [0.15, 0.2) is 10.5 Å². The third-order valence-corrected chi connectivity index (χ3v) is 4.91. The Kier molecular flexibility index (Phi) is 3.78. The largest absolute Gasteiger partial charge is 0.444 e. The molecule has 0 radical (unpaired) electrons. The number of halogens is 1. The van der Waals surface area contributed by atoms with Crippen molar-refractivity contribution >= 4 is 23.5 Å². The standard InChI is InChI=1S/C19H21FN2O4/c1-19(2,3)26-18(24)22-5-4-14(22)17-21-13-8-11-6-10(9-23)7-12(11)15(20)16(13)25-17/h8-10,14H,4-7H2,1-3H3/t10?,14-/m1/s1. The van der Waals surface area contributed by atoms with Crippen molar-refractivity contribution < 1.29 is 23.1 Å². The Bertz CT molecular complexity index is 899. The molecule has 1 aromatic heterocycles. The van der Waals surface area contributed by atoms with Crippen molar-refractivity contribution in [1.82, 2.24) is 9.88 Å². The number of rotatable bonds is 2. The van der Waals surface area contributed by atoms with E-state index in [1.165, 1.54) is 0 Å². The number of carbonyl (C=O) groups excluding carboxylic acids is 2. The highest BCUT2D eigenvalue weighted by atomic mass is 19.1. The fourth-order valence-electron chi connectivity index (χ4n) is 3.58. The molecule has 1 saturated heterocycles. The van der Waals surface area contributed by atoms with Crippen LogP contribution in [0.2, 0.25) is 0 Å². The van der Waals surface area contributed by atoms with Crippen LogP contribution in [0.5, 0.6) is 0 Å². The molecule has 2 atom stereocenters. The molecule has 2 heterocycles. The van der Waals surface area contributed by atoms with Gasteiger partial charge in [0, 0.05) is 12.5 Å². The summed E-state index contributed by atoms with van der Waals surface area (Å²) in [5, 5.41) is 0. The number of hydrogen-bond donors (Lipinski definition) is 0. The molecule has 1 fully saturated rings. The molecule has 138 valence electrons. The zero-order chi connectivity index (χ0) is 18.6. The minimum atomic E-state index is -0.583. The van der Waals surface area contributed by atoms with E-state index in [-0.39, 0.29) is 17.5 Å². The van der Waals surface area contributed by atoms with Gasteiger partial charge in [0.2, 0.25) is 5.89 Å². The molecule has 26 heavy (non-hydrogen) atoms. The predicted octanol–water partition coefficient (Wildman–Crippen LogP) is 3.56. The summed E-state index contributed by atoms with van der Waals surface area (Å²) < 4.78 is 25.9. The van der Waals surface area contributed by atoms with Crippen LogP contribution >= 0.6 is 0 Å². The molecule has 0 saturated carbocycles. The summed E-state index contributed by atoms with van der Waals surface area (Å²) in [6, 6.07) is 1.45. The van der Waals surface area contributed by atoms with Gasteiger partial charge in [0.25, 0.3) is 0 Å². The molecule has 1 amide bonds. The lowest BCUT2D eigenvalue weighted by Crippen LogP contribution is -2.47. The molecule has 0 N–H and O–H groups in total. The summed E-state index contributed by atoms with van der Waals surface area (Å²) in [5.41, 5.74) is 1.29. The first-order chi connectivity index (χ1) is 12.3. The first kappa shape index (κ1) is 17.0. The number of nitrogens with zero attached hydrogens (tertiary/aromatic N) is 2. The third kappa shape index (κ3) is 2.75. The number of likely N-dealkylation sites (tertiary alicyclic amines) is 1. The minimum Gasteiger partial charge on any atom is -0.444 e. The van der Waals surface area contributed by atoms with Crippen LogP contribution in [0, 0.1) is 11.7 Å². The average molecular weight is 360 g/mol. The predicted molar refractivity (Wildman–Crippen MR) is 91.2 cm³/mol. The number of amides is 1. The van der Waals surface area contributed by atoms with Crippen molar-refractivity contribution in [2.45, 2.75) is 51.7 Å². The molecular formula is C19H21FN2O4. The lowest BCUT2D eigenvalue weighted by molar-refractivity contribution is -0.110. The Morgan fingerprint density at radius 1 is 1.42 bits per heavy atom. The first-order valence-electron chi connectivity index (χ1n) is 8.82. The van der Waals surface area contributed by atoms with Crippen LogP contribution < -0.4 is 0 Å². The van der Waals surface area contributed by atoms with Crippen molar-refractivity contribution in [3.05, 3.63) is 28.9 Å². The number of fused-ring (bicyclic) bond motifs is 2. The zero-order valence-corrected chi connectivity index (χ0v) is 15.0. The minimum absolute atomic E-state index is 0.0985. The summed E-state index contributed by atoms with van der Waals surface area (Å²) in [5.74, 6) is -0.296.